The van der Waals surface area contributed by atoms with E-state index in [1.807, 2.05) is 29.6 Å². The molecule has 0 aliphatic rings. The normalized spacial score (nSPS) is 12.1. The van der Waals surface area contributed by atoms with Gasteiger partial charge in [0.15, 0.2) is 0 Å². The van der Waals surface area contributed by atoms with Gasteiger partial charge in [-0.1, -0.05) is 43.9 Å². The first-order valence-corrected chi connectivity index (χ1v) is 9.55. The van der Waals surface area contributed by atoms with Crippen molar-refractivity contribution in [3.8, 4) is 5.75 Å². The fraction of sp³-hybridized carbons (Fsp3) is 0.421. The molecule has 1 heterocycles. The summed E-state index contributed by atoms with van der Waals surface area (Å²) in [5.74, 6) is -0.670. The average Bonchev–Trinajstić information content (AvgIpc) is 3.07. The summed E-state index contributed by atoms with van der Waals surface area (Å²) in [5, 5.41) is 12.1. The van der Waals surface area contributed by atoms with E-state index in [1.54, 1.807) is 6.07 Å². The second-order valence-electron chi connectivity index (χ2n) is 5.77. The van der Waals surface area contributed by atoms with E-state index in [-0.39, 0.29) is 0 Å². The van der Waals surface area contributed by atoms with Gasteiger partial charge in [0.1, 0.15) is 5.75 Å². The first-order chi connectivity index (χ1) is 11.6. The van der Waals surface area contributed by atoms with Gasteiger partial charge in [-0.05, 0) is 48.1 Å². The third kappa shape index (κ3) is 5.53. The molecule has 1 aromatic heterocycles. The predicted molar refractivity (Wildman–Crippen MR) is 99.5 cm³/mol. The van der Waals surface area contributed by atoms with Crippen LogP contribution < -0.4 is 4.74 Å². The first kappa shape index (κ1) is 18.8. The Bertz CT molecular complexity index is 640. The van der Waals surface area contributed by atoms with Crippen molar-refractivity contribution < 1.29 is 14.6 Å². The number of carboxylic acids is 1. The topological polar surface area (TPSA) is 46.5 Å². The maximum Gasteiger partial charge on any atom is 0.312 e. The predicted octanol–water partition coefficient (Wildman–Crippen LogP) is 5.77. The minimum atomic E-state index is -0.827. The molecule has 130 valence electrons. The van der Waals surface area contributed by atoms with E-state index >= 15 is 0 Å². The van der Waals surface area contributed by atoms with Gasteiger partial charge in [0.05, 0.1) is 12.5 Å². The molecular weight excluding hydrogens is 344 g/mol. The van der Waals surface area contributed by atoms with Crippen LogP contribution in [0.15, 0.2) is 35.7 Å². The van der Waals surface area contributed by atoms with Gasteiger partial charge in [-0.3, -0.25) is 4.79 Å². The van der Waals surface area contributed by atoms with Crippen molar-refractivity contribution in [3.63, 3.8) is 0 Å². The fourth-order valence-corrected chi connectivity index (χ4v) is 3.59. The Morgan fingerprint density at radius 1 is 1.29 bits per heavy atom. The average molecular weight is 367 g/mol. The molecule has 0 saturated heterocycles. The number of rotatable bonds is 10. The third-order valence-electron chi connectivity index (χ3n) is 3.89. The lowest BCUT2D eigenvalue weighted by Gasteiger charge is -2.15. The van der Waals surface area contributed by atoms with Crippen molar-refractivity contribution in [3.05, 3.63) is 51.2 Å². The zero-order chi connectivity index (χ0) is 17.4. The number of carbonyl (C=O) groups is 1. The number of carboxylic acid groups (broad SMARTS) is 1. The Morgan fingerprint density at radius 3 is 2.79 bits per heavy atom. The highest BCUT2D eigenvalue weighted by molar-refractivity contribution is 7.10. The van der Waals surface area contributed by atoms with E-state index in [4.69, 9.17) is 16.3 Å². The number of benzene rings is 1. The Labute approximate surface area is 152 Å². The number of unbranched alkanes of at least 4 members (excludes halogenated alkanes) is 3. The van der Waals surface area contributed by atoms with Crippen LogP contribution in [0.3, 0.4) is 0 Å². The van der Waals surface area contributed by atoms with Gasteiger partial charge in [0, 0.05) is 9.90 Å². The smallest absolute Gasteiger partial charge is 0.312 e. The van der Waals surface area contributed by atoms with Gasteiger partial charge >= 0.3 is 5.97 Å². The summed E-state index contributed by atoms with van der Waals surface area (Å²) in [6.07, 6.45) is 4.92. The van der Waals surface area contributed by atoms with Gasteiger partial charge in [0.2, 0.25) is 0 Å². The number of aliphatic carboxylic acids is 1. The molecule has 0 spiro atoms. The maximum atomic E-state index is 11.7. The van der Waals surface area contributed by atoms with E-state index in [2.05, 4.69) is 6.92 Å². The van der Waals surface area contributed by atoms with Crippen molar-refractivity contribution >= 4 is 28.9 Å². The van der Waals surface area contributed by atoms with E-state index < -0.39 is 11.9 Å². The lowest BCUT2D eigenvalue weighted by atomic mass is 9.97. The van der Waals surface area contributed by atoms with Crippen molar-refractivity contribution in [2.24, 2.45) is 0 Å². The lowest BCUT2D eigenvalue weighted by Crippen LogP contribution is -2.14. The van der Waals surface area contributed by atoms with Gasteiger partial charge in [0.25, 0.3) is 0 Å². The number of halogens is 1. The highest BCUT2D eigenvalue weighted by Gasteiger charge is 2.23. The molecule has 0 amide bonds. The van der Waals surface area contributed by atoms with Crippen LogP contribution in [0.4, 0.5) is 0 Å². The molecule has 0 radical (unpaired) electrons. The van der Waals surface area contributed by atoms with Gasteiger partial charge in [-0.2, -0.15) is 0 Å². The van der Waals surface area contributed by atoms with Crippen LogP contribution >= 0.6 is 22.9 Å². The van der Waals surface area contributed by atoms with E-state index in [1.165, 1.54) is 24.2 Å². The summed E-state index contributed by atoms with van der Waals surface area (Å²) < 4.78 is 5.89. The standard InChI is InChI=1S/C19H23ClO3S/c1-2-3-4-5-10-23-17-9-8-15(20)12-14(17)13-16(19(21)22)18-7-6-11-24-18/h6-9,11-12,16H,2-5,10,13H2,1H3,(H,21,22). The summed E-state index contributed by atoms with van der Waals surface area (Å²) in [6.45, 7) is 2.82. The molecule has 2 aromatic rings. The monoisotopic (exact) mass is 366 g/mol. The van der Waals surface area contributed by atoms with Gasteiger partial charge in [-0.25, -0.2) is 0 Å². The summed E-state index contributed by atoms with van der Waals surface area (Å²) in [7, 11) is 0. The second kappa shape index (κ2) is 9.70. The third-order valence-corrected chi connectivity index (χ3v) is 5.11. The SMILES string of the molecule is CCCCCCOc1ccc(Cl)cc1CC(C(=O)O)c1cccs1. The molecular formula is C19H23ClO3S. The Kier molecular flexibility index (Phi) is 7.60. The molecule has 0 fully saturated rings. The molecule has 1 unspecified atom stereocenters. The summed E-state index contributed by atoms with van der Waals surface area (Å²) >= 11 is 7.57. The largest absolute Gasteiger partial charge is 0.493 e. The molecule has 1 aromatic carbocycles. The van der Waals surface area contributed by atoms with Crippen LogP contribution in [0.2, 0.25) is 5.02 Å². The highest BCUT2D eigenvalue weighted by atomic mass is 35.5. The molecule has 24 heavy (non-hydrogen) atoms. The molecule has 0 aliphatic heterocycles. The summed E-state index contributed by atoms with van der Waals surface area (Å²) in [4.78, 5) is 12.5. The lowest BCUT2D eigenvalue weighted by molar-refractivity contribution is -0.138. The second-order valence-corrected chi connectivity index (χ2v) is 7.19. The quantitative estimate of drug-likeness (QED) is 0.543. The molecule has 2 rings (SSSR count). The van der Waals surface area contributed by atoms with E-state index in [0.29, 0.717) is 18.1 Å². The molecule has 0 bridgehead atoms. The van der Waals surface area contributed by atoms with E-state index in [9.17, 15) is 9.90 Å². The number of hydrogen-bond donors (Lipinski definition) is 1. The number of thiophene rings is 1. The molecule has 3 nitrogen and oxygen atoms in total. The molecule has 1 N–H and O–H groups in total. The molecule has 1 atom stereocenters. The Morgan fingerprint density at radius 2 is 2.12 bits per heavy atom. The minimum absolute atomic E-state index is 0.376. The summed E-state index contributed by atoms with van der Waals surface area (Å²) in [6, 6.07) is 9.17. The number of ether oxygens (including phenoxy) is 1. The van der Waals surface area contributed by atoms with Crippen LogP contribution in [-0.4, -0.2) is 17.7 Å². The fourth-order valence-electron chi connectivity index (χ4n) is 2.58. The first-order valence-electron chi connectivity index (χ1n) is 8.29. The van der Waals surface area contributed by atoms with Crippen molar-refractivity contribution in [2.45, 2.75) is 44.9 Å². The highest BCUT2D eigenvalue weighted by Crippen LogP contribution is 2.31. The van der Waals surface area contributed by atoms with Crippen LogP contribution in [0.5, 0.6) is 5.75 Å². The number of hydrogen-bond acceptors (Lipinski definition) is 3. The van der Waals surface area contributed by atoms with Crippen LogP contribution in [0.1, 0.15) is 49.0 Å². The van der Waals surface area contributed by atoms with Crippen molar-refractivity contribution in [1.82, 2.24) is 0 Å². The van der Waals surface area contributed by atoms with E-state index in [0.717, 1.165) is 29.0 Å². The Balaban J connectivity index is 2.09. The Hall–Kier alpha value is -1.52. The van der Waals surface area contributed by atoms with Crippen LogP contribution in [0.25, 0.3) is 0 Å². The van der Waals surface area contributed by atoms with Gasteiger partial charge in [-0.15, -0.1) is 11.3 Å². The van der Waals surface area contributed by atoms with Gasteiger partial charge < -0.3 is 9.84 Å². The zero-order valence-electron chi connectivity index (χ0n) is 13.8. The van der Waals surface area contributed by atoms with Crippen LogP contribution in [-0.2, 0) is 11.2 Å². The van der Waals surface area contributed by atoms with Crippen molar-refractivity contribution in [2.75, 3.05) is 6.61 Å². The summed E-state index contributed by atoms with van der Waals surface area (Å²) in [5.41, 5.74) is 0.846. The minimum Gasteiger partial charge on any atom is -0.493 e. The maximum absolute atomic E-state index is 11.7. The molecule has 5 heteroatoms. The zero-order valence-corrected chi connectivity index (χ0v) is 15.4. The van der Waals surface area contributed by atoms with Crippen molar-refractivity contribution in [1.29, 1.82) is 0 Å². The van der Waals surface area contributed by atoms with Crippen LogP contribution in [0, 0.1) is 0 Å². The molecule has 0 saturated carbocycles. The molecule has 0 aliphatic carbocycles.